The minimum absolute atomic E-state index is 0.160. The molecule has 0 fully saturated rings. The summed E-state index contributed by atoms with van der Waals surface area (Å²) in [6, 6.07) is 17.2. The lowest BCUT2D eigenvalue weighted by molar-refractivity contribution is 0.299. The standard InChI is InChI=1S/C22H19N3O3/c1-27-17-7-8-18-19(13-17)23-10-9-21(18)28-12-11-25-15-20(24-14-22(25)26)16-5-3-2-4-6-16/h2-10,13-15H,11-12H2,1H3. The number of pyridine rings is 1. The summed E-state index contributed by atoms with van der Waals surface area (Å²) in [4.78, 5) is 20.7. The van der Waals surface area contributed by atoms with Gasteiger partial charge < -0.3 is 14.0 Å². The van der Waals surface area contributed by atoms with Crippen LogP contribution in [0.4, 0.5) is 0 Å². The van der Waals surface area contributed by atoms with Crippen molar-refractivity contribution in [3.8, 4) is 22.8 Å². The molecule has 4 aromatic rings. The van der Waals surface area contributed by atoms with Gasteiger partial charge in [-0.2, -0.15) is 0 Å². The number of aromatic nitrogens is 3. The summed E-state index contributed by atoms with van der Waals surface area (Å²) in [5.74, 6) is 1.46. The molecule has 28 heavy (non-hydrogen) atoms. The lowest BCUT2D eigenvalue weighted by atomic mass is 10.2. The molecule has 0 unspecified atom stereocenters. The van der Waals surface area contributed by atoms with Crippen LogP contribution in [-0.4, -0.2) is 28.3 Å². The van der Waals surface area contributed by atoms with Crippen molar-refractivity contribution in [2.45, 2.75) is 6.54 Å². The highest BCUT2D eigenvalue weighted by atomic mass is 16.5. The molecule has 0 saturated carbocycles. The van der Waals surface area contributed by atoms with Crippen molar-refractivity contribution < 1.29 is 9.47 Å². The van der Waals surface area contributed by atoms with E-state index in [9.17, 15) is 4.79 Å². The Morgan fingerprint density at radius 1 is 1.04 bits per heavy atom. The van der Waals surface area contributed by atoms with Gasteiger partial charge in [0.25, 0.3) is 5.56 Å². The Hall–Kier alpha value is -3.67. The second-order valence-corrected chi connectivity index (χ2v) is 6.21. The molecule has 0 aliphatic carbocycles. The van der Waals surface area contributed by atoms with E-state index in [1.807, 2.05) is 54.6 Å². The third kappa shape index (κ3) is 3.71. The predicted octanol–water partition coefficient (Wildman–Crippen LogP) is 3.55. The highest BCUT2D eigenvalue weighted by molar-refractivity contribution is 5.85. The van der Waals surface area contributed by atoms with Crippen molar-refractivity contribution in [2.24, 2.45) is 0 Å². The fourth-order valence-corrected chi connectivity index (χ4v) is 2.98. The van der Waals surface area contributed by atoms with Gasteiger partial charge in [-0.3, -0.25) is 9.78 Å². The molecule has 0 aliphatic heterocycles. The number of nitrogens with zero attached hydrogens (tertiary/aromatic N) is 3. The van der Waals surface area contributed by atoms with Gasteiger partial charge in [0, 0.05) is 29.4 Å². The minimum atomic E-state index is -0.160. The van der Waals surface area contributed by atoms with Crippen LogP contribution in [0.15, 0.2) is 78.0 Å². The average molecular weight is 373 g/mol. The third-order valence-electron chi connectivity index (χ3n) is 4.44. The third-order valence-corrected chi connectivity index (χ3v) is 4.44. The Bertz CT molecular complexity index is 1160. The maximum Gasteiger partial charge on any atom is 0.269 e. The molecule has 6 heteroatoms. The van der Waals surface area contributed by atoms with Crippen molar-refractivity contribution in [3.05, 3.63) is 83.5 Å². The molecule has 2 aromatic heterocycles. The summed E-state index contributed by atoms with van der Waals surface area (Å²) in [6.07, 6.45) is 4.80. The quantitative estimate of drug-likeness (QED) is 0.517. The molecule has 4 rings (SSSR count). The molecule has 2 aromatic carbocycles. The monoisotopic (exact) mass is 373 g/mol. The van der Waals surface area contributed by atoms with Crippen molar-refractivity contribution in [1.29, 1.82) is 0 Å². The van der Waals surface area contributed by atoms with Crippen LogP contribution in [0.2, 0.25) is 0 Å². The Labute approximate surface area is 162 Å². The Morgan fingerprint density at radius 2 is 1.89 bits per heavy atom. The molecular weight excluding hydrogens is 354 g/mol. The van der Waals surface area contributed by atoms with E-state index in [0.717, 1.165) is 33.7 Å². The summed E-state index contributed by atoms with van der Waals surface area (Å²) in [5.41, 5.74) is 2.35. The van der Waals surface area contributed by atoms with Gasteiger partial charge in [-0.15, -0.1) is 0 Å². The van der Waals surface area contributed by atoms with Crippen molar-refractivity contribution >= 4 is 10.9 Å². The highest BCUT2D eigenvalue weighted by Gasteiger charge is 2.06. The SMILES string of the molecule is COc1ccc2c(OCCn3cc(-c4ccccc4)ncc3=O)ccnc2c1. The normalized spacial score (nSPS) is 10.8. The Kier molecular flexibility index (Phi) is 5.01. The number of methoxy groups -OCH3 is 1. The van der Waals surface area contributed by atoms with E-state index < -0.39 is 0 Å². The van der Waals surface area contributed by atoms with Crippen LogP contribution in [0.25, 0.3) is 22.2 Å². The molecule has 0 spiro atoms. The summed E-state index contributed by atoms with van der Waals surface area (Å²) in [5, 5.41) is 0.898. The van der Waals surface area contributed by atoms with Crippen LogP contribution in [0.5, 0.6) is 11.5 Å². The van der Waals surface area contributed by atoms with Crippen LogP contribution in [0, 0.1) is 0 Å². The van der Waals surface area contributed by atoms with Crippen LogP contribution >= 0.6 is 0 Å². The Morgan fingerprint density at radius 3 is 2.71 bits per heavy atom. The highest BCUT2D eigenvalue weighted by Crippen LogP contribution is 2.27. The van der Waals surface area contributed by atoms with Gasteiger partial charge in [-0.05, 0) is 18.2 Å². The second kappa shape index (κ2) is 7.92. The lowest BCUT2D eigenvalue weighted by Crippen LogP contribution is -2.23. The fourth-order valence-electron chi connectivity index (χ4n) is 2.98. The topological polar surface area (TPSA) is 66.2 Å². The summed E-state index contributed by atoms with van der Waals surface area (Å²) >= 11 is 0. The molecule has 0 saturated heterocycles. The van der Waals surface area contributed by atoms with E-state index >= 15 is 0 Å². The minimum Gasteiger partial charge on any atom is -0.497 e. The predicted molar refractivity (Wildman–Crippen MR) is 108 cm³/mol. The second-order valence-electron chi connectivity index (χ2n) is 6.21. The molecule has 0 aliphatic rings. The van der Waals surface area contributed by atoms with Crippen LogP contribution in [0.3, 0.4) is 0 Å². The first-order chi connectivity index (χ1) is 13.7. The summed E-state index contributed by atoms with van der Waals surface area (Å²) < 4.78 is 12.8. The average Bonchev–Trinajstić information content (AvgIpc) is 2.75. The molecule has 2 heterocycles. The van der Waals surface area contributed by atoms with Gasteiger partial charge in [-0.1, -0.05) is 30.3 Å². The molecule has 0 atom stereocenters. The number of benzene rings is 2. The van der Waals surface area contributed by atoms with Crippen molar-refractivity contribution in [1.82, 2.24) is 14.5 Å². The van der Waals surface area contributed by atoms with E-state index in [1.54, 1.807) is 24.1 Å². The van der Waals surface area contributed by atoms with Gasteiger partial charge in [0.05, 0.1) is 31.1 Å². The van der Waals surface area contributed by atoms with Crippen LogP contribution < -0.4 is 15.0 Å². The Balaban J connectivity index is 1.51. The van der Waals surface area contributed by atoms with E-state index in [0.29, 0.717) is 13.2 Å². The molecule has 6 nitrogen and oxygen atoms in total. The first-order valence-corrected chi connectivity index (χ1v) is 8.92. The first kappa shape index (κ1) is 17.7. The van der Waals surface area contributed by atoms with Crippen molar-refractivity contribution in [3.63, 3.8) is 0 Å². The fraction of sp³-hybridized carbons (Fsp3) is 0.136. The molecular formula is C22H19N3O3. The van der Waals surface area contributed by atoms with Crippen molar-refractivity contribution in [2.75, 3.05) is 13.7 Å². The van der Waals surface area contributed by atoms with E-state index in [4.69, 9.17) is 9.47 Å². The molecule has 0 radical (unpaired) electrons. The smallest absolute Gasteiger partial charge is 0.269 e. The van der Waals surface area contributed by atoms with E-state index in [2.05, 4.69) is 9.97 Å². The molecule has 0 N–H and O–H groups in total. The maximum atomic E-state index is 12.1. The number of fused-ring (bicyclic) bond motifs is 1. The lowest BCUT2D eigenvalue weighted by Gasteiger charge is -2.11. The van der Waals surface area contributed by atoms with Gasteiger partial charge in [0.1, 0.15) is 18.1 Å². The van der Waals surface area contributed by atoms with Crippen LogP contribution in [-0.2, 0) is 6.54 Å². The maximum absolute atomic E-state index is 12.1. The van der Waals surface area contributed by atoms with Gasteiger partial charge in [-0.25, -0.2) is 4.98 Å². The zero-order chi connectivity index (χ0) is 19.3. The van der Waals surface area contributed by atoms with E-state index in [1.165, 1.54) is 6.20 Å². The molecule has 0 bridgehead atoms. The molecule has 0 amide bonds. The number of ether oxygens (including phenoxy) is 2. The van der Waals surface area contributed by atoms with Gasteiger partial charge >= 0.3 is 0 Å². The van der Waals surface area contributed by atoms with E-state index in [-0.39, 0.29) is 5.56 Å². The first-order valence-electron chi connectivity index (χ1n) is 8.92. The zero-order valence-electron chi connectivity index (χ0n) is 15.4. The summed E-state index contributed by atoms with van der Waals surface area (Å²) in [7, 11) is 1.62. The van der Waals surface area contributed by atoms with Crippen LogP contribution in [0.1, 0.15) is 0 Å². The number of hydrogen-bond acceptors (Lipinski definition) is 5. The van der Waals surface area contributed by atoms with Gasteiger partial charge in [0.15, 0.2) is 0 Å². The largest absolute Gasteiger partial charge is 0.497 e. The van der Waals surface area contributed by atoms with Gasteiger partial charge in [0.2, 0.25) is 0 Å². The summed E-state index contributed by atoms with van der Waals surface area (Å²) in [6.45, 7) is 0.768. The number of hydrogen-bond donors (Lipinski definition) is 0. The zero-order valence-corrected chi connectivity index (χ0v) is 15.4. The molecule has 140 valence electrons. The number of rotatable bonds is 6.